The Morgan fingerprint density at radius 1 is 1.44 bits per heavy atom. The van der Waals surface area contributed by atoms with E-state index in [-0.39, 0.29) is 0 Å². The number of carbonyl (C=O) groups is 2. The number of aliphatic hydroxyl groups excluding tert-OH is 1. The molecule has 1 aromatic rings. The Morgan fingerprint density at radius 3 is 2.67 bits per heavy atom. The van der Waals surface area contributed by atoms with Gasteiger partial charge in [-0.05, 0) is 24.6 Å². The van der Waals surface area contributed by atoms with Gasteiger partial charge in [-0.25, -0.2) is 9.59 Å². The van der Waals surface area contributed by atoms with Crippen LogP contribution in [0.5, 0.6) is 0 Å². The van der Waals surface area contributed by atoms with Gasteiger partial charge in [-0.3, -0.25) is 0 Å². The van der Waals surface area contributed by atoms with Crippen LogP contribution in [-0.4, -0.2) is 34.9 Å². The molecule has 0 aliphatic carbocycles. The maximum atomic E-state index is 11.5. The molecule has 1 aromatic carbocycles. The van der Waals surface area contributed by atoms with Crippen molar-refractivity contribution >= 4 is 29.3 Å². The number of anilines is 1. The van der Waals surface area contributed by atoms with Crippen molar-refractivity contribution in [1.29, 1.82) is 0 Å². The third-order valence-corrected chi connectivity index (χ3v) is 2.49. The third-order valence-electron chi connectivity index (χ3n) is 2.16. The second kappa shape index (κ2) is 6.23. The summed E-state index contributed by atoms with van der Waals surface area (Å²) in [6.07, 6.45) is 0. The average molecular weight is 273 g/mol. The zero-order valence-corrected chi connectivity index (χ0v) is 10.4. The summed E-state index contributed by atoms with van der Waals surface area (Å²) in [5.74, 6) is -1.32. The van der Waals surface area contributed by atoms with Crippen molar-refractivity contribution in [3.63, 3.8) is 0 Å². The van der Waals surface area contributed by atoms with Crippen LogP contribution >= 0.6 is 11.6 Å². The van der Waals surface area contributed by atoms with E-state index in [1.54, 1.807) is 18.2 Å². The fraction of sp³-hybridized carbons (Fsp3) is 0.273. The molecule has 1 atom stereocenters. The highest BCUT2D eigenvalue weighted by Crippen LogP contribution is 2.22. The predicted molar refractivity (Wildman–Crippen MR) is 66.9 cm³/mol. The molecule has 0 heterocycles. The molecule has 0 unspecified atom stereocenters. The topological polar surface area (TPSA) is 98.7 Å². The van der Waals surface area contributed by atoms with Crippen LogP contribution in [0.15, 0.2) is 18.2 Å². The zero-order chi connectivity index (χ0) is 13.7. The van der Waals surface area contributed by atoms with Gasteiger partial charge in [0.1, 0.15) is 0 Å². The summed E-state index contributed by atoms with van der Waals surface area (Å²) in [5.41, 5.74) is 1.27. The van der Waals surface area contributed by atoms with Crippen molar-refractivity contribution in [2.24, 2.45) is 0 Å². The summed E-state index contributed by atoms with van der Waals surface area (Å²) in [6, 6.07) is 2.95. The van der Waals surface area contributed by atoms with Crippen LogP contribution < -0.4 is 10.6 Å². The van der Waals surface area contributed by atoms with Crippen molar-refractivity contribution in [1.82, 2.24) is 5.32 Å². The monoisotopic (exact) mass is 272 g/mol. The number of carbonyl (C=O) groups excluding carboxylic acids is 1. The number of halogens is 1. The van der Waals surface area contributed by atoms with Crippen LogP contribution in [0, 0.1) is 6.92 Å². The number of aliphatic hydroxyl groups is 1. The van der Waals surface area contributed by atoms with Crippen LogP contribution in [0.2, 0.25) is 5.02 Å². The number of aliphatic carboxylic acids is 1. The number of hydrogen-bond donors (Lipinski definition) is 4. The molecule has 0 aliphatic heterocycles. The molecular formula is C11H13ClN2O4. The highest BCUT2D eigenvalue weighted by molar-refractivity contribution is 6.33. The van der Waals surface area contributed by atoms with Crippen molar-refractivity contribution in [2.75, 3.05) is 11.9 Å². The summed E-state index contributed by atoms with van der Waals surface area (Å²) in [6.45, 7) is 1.14. The fourth-order valence-corrected chi connectivity index (χ4v) is 1.40. The smallest absolute Gasteiger partial charge is 0.328 e. The number of benzene rings is 1. The van der Waals surface area contributed by atoms with Crippen LogP contribution in [0.4, 0.5) is 10.5 Å². The van der Waals surface area contributed by atoms with Gasteiger partial charge < -0.3 is 20.8 Å². The molecule has 18 heavy (non-hydrogen) atoms. The van der Waals surface area contributed by atoms with Gasteiger partial charge in [-0.15, -0.1) is 0 Å². The third kappa shape index (κ3) is 3.90. The molecule has 6 nitrogen and oxygen atoms in total. The molecule has 0 bridgehead atoms. The molecule has 4 N–H and O–H groups in total. The molecule has 0 spiro atoms. The van der Waals surface area contributed by atoms with Gasteiger partial charge in [0.15, 0.2) is 6.04 Å². The van der Waals surface area contributed by atoms with Gasteiger partial charge in [0.25, 0.3) is 0 Å². The van der Waals surface area contributed by atoms with E-state index in [0.717, 1.165) is 5.56 Å². The van der Waals surface area contributed by atoms with Crippen LogP contribution in [0.25, 0.3) is 0 Å². The van der Waals surface area contributed by atoms with Gasteiger partial charge in [0.05, 0.1) is 17.3 Å². The first-order valence-electron chi connectivity index (χ1n) is 5.11. The van der Waals surface area contributed by atoms with Gasteiger partial charge in [0, 0.05) is 0 Å². The Labute approximate surface area is 109 Å². The highest BCUT2D eigenvalue weighted by atomic mass is 35.5. The van der Waals surface area contributed by atoms with Crippen molar-refractivity contribution in [3.8, 4) is 0 Å². The molecule has 98 valence electrons. The standard InChI is InChI=1S/C11H13ClN2O4/c1-6-2-3-7(12)8(4-6)13-11(18)14-9(5-15)10(16)17/h2-4,9,15H,5H2,1H3,(H,16,17)(H2,13,14,18)/t9-/m1/s1. The summed E-state index contributed by atoms with van der Waals surface area (Å²) in [4.78, 5) is 22.1. The Balaban J connectivity index is 2.70. The summed E-state index contributed by atoms with van der Waals surface area (Å²) in [5, 5.41) is 22.3. The maximum Gasteiger partial charge on any atom is 0.328 e. The number of nitrogens with one attached hydrogen (secondary N) is 2. The molecule has 7 heteroatoms. The average Bonchev–Trinajstić information content (AvgIpc) is 2.30. The van der Waals surface area contributed by atoms with Crippen molar-refractivity contribution in [3.05, 3.63) is 28.8 Å². The molecule has 0 saturated heterocycles. The number of aryl methyl sites for hydroxylation is 1. The number of rotatable bonds is 4. The molecule has 1 rings (SSSR count). The summed E-state index contributed by atoms with van der Waals surface area (Å²) in [7, 11) is 0. The van der Waals surface area contributed by atoms with E-state index >= 15 is 0 Å². The Bertz CT molecular complexity index is 464. The van der Waals surface area contributed by atoms with Crippen LogP contribution in [0.1, 0.15) is 5.56 Å². The van der Waals surface area contributed by atoms with Crippen LogP contribution in [-0.2, 0) is 4.79 Å². The summed E-state index contributed by atoms with van der Waals surface area (Å²) >= 11 is 5.87. The molecule has 0 aliphatic rings. The van der Waals surface area contributed by atoms with Gasteiger partial charge in [-0.2, -0.15) is 0 Å². The van der Waals surface area contributed by atoms with Crippen LogP contribution in [0.3, 0.4) is 0 Å². The van der Waals surface area contributed by atoms with Crippen molar-refractivity contribution < 1.29 is 19.8 Å². The minimum atomic E-state index is -1.35. The number of carboxylic acids is 1. The fourth-order valence-electron chi connectivity index (χ4n) is 1.24. The highest BCUT2D eigenvalue weighted by Gasteiger charge is 2.18. The van der Waals surface area contributed by atoms with E-state index in [1.807, 2.05) is 6.92 Å². The normalized spacial score (nSPS) is 11.7. The quantitative estimate of drug-likeness (QED) is 0.662. The Hall–Kier alpha value is -1.79. The van der Waals surface area contributed by atoms with E-state index in [4.69, 9.17) is 21.8 Å². The molecular weight excluding hydrogens is 260 g/mol. The second-order valence-electron chi connectivity index (χ2n) is 3.66. The van der Waals surface area contributed by atoms with E-state index < -0.39 is 24.6 Å². The Morgan fingerprint density at radius 2 is 2.11 bits per heavy atom. The Kier molecular flexibility index (Phi) is 4.94. The first-order valence-corrected chi connectivity index (χ1v) is 5.49. The van der Waals surface area contributed by atoms with E-state index in [1.165, 1.54) is 0 Å². The van der Waals surface area contributed by atoms with Gasteiger partial charge in [0.2, 0.25) is 0 Å². The lowest BCUT2D eigenvalue weighted by atomic mass is 10.2. The number of urea groups is 1. The first kappa shape index (κ1) is 14.3. The lowest BCUT2D eigenvalue weighted by Gasteiger charge is -2.13. The molecule has 0 radical (unpaired) electrons. The van der Waals surface area contributed by atoms with E-state index in [0.29, 0.717) is 10.7 Å². The lowest BCUT2D eigenvalue weighted by molar-refractivity contribution is -0.140. The van der Waals surface area contributed by atoms with Crippen molar-refractivity contribution in [2.45, 2.75) is 13.0 Å². The van der Waals surface area contributed by atoms with E-state index in [9.17, 15) is 9.59 Å². The number of carboxylic acid groups (broad SMARTS) is 1. The number of hydrogen-bond acceptors (Lipinski definition) is 3. The molecule has 0 saturated carbocycles. The second-order valence-corrected chi connectivity index (χ2v) is 4.06. The lowest BCUT2D eigenvalue weighted by Crippen LogP contribution is -2.45. The number of amides is 2. The molecule has 0 aromatic heterocycles. The van der Waals surface area contributed by atoms with Gasteiger partial charge >= 0.3 is 12.0 Å². The summed E-state index contributed by atoms with van der Waals surface area (Å²) < 4.78 is 0. The predicted octanol–water partition coefficient (Wildman–Crippen LogP) is 1.22. The van der Waals surface area contributed by atoms with Gasteiger partial charge in [-0.1, -0.05) is 17.7 Å². The minimum absolute atomic E-state index is 0.339. The van der Waals surface area contributed by atoms with E-state index in [2.05, 4.69) is 10.6 Å². The molecule has 0 fully saturated rings. The maximum absolute atomic E-state index is 11.5. The minimum Gasteiger partial charge on any atom is -0.480 e. The SMILES string of the molecule is Cc1ccc(Cl)c(NC(=O)N[C@H](CO)C(=O)O)c1. The largest absolute Gasteiger partial charge is 0.480 e. The first-order chi connectivity index (χ1) is 8.43. The molecule has 2 amide bonds. The zero-order valence-electron chi connectivity index (χ0n) is 9.61.